The molecule has 0 aliphatic heterocycles. The van der Waals surface area contributed by atoms with Gasteiger partial charge in [-0.1, -0.05) is 17.6 Å². The molecule has 0 fully saturated rings. The second kappa shape index (κ2) is 4.53. The quantitative estimate of drug-likeness (QED) is 0.632. The molecule has 0 bridgehead atoms. The van der Waals surface area contributed by atoms with Crippen LogP contribution in [0.1, 0.15) is 5.56 Å². The SMILES string of the molecule is Cc1ccc2onc(OCC#CI)c2c1. The zero-order valence-corrected chi connectivity index (χ0v) is 10.2. The normalized spacial score (nSPS) is 9.73. The number of aryl methyl sites for hydroxylation is 1. The number of halogens is 1. The van der Waals surface area contributed by atoms with Crippen LogP contribution in [-0.4, -0.2) is 11.8 Å². The lowest BCUT2D eigenvalue weighted by Crippen LogP contribution is -1.93. The van der Waals surface area contributed by atoms with Crippen molar-refractivity contribution in [2.24, 2.45) is 0 Å². The second-order valence-corrected chi connectivity index (χ2v) is 3.59. The molecule has 3 nitrogen and oxygen atoms in total. The highest BCUT2D eigenvalue weighted by molar-refractivity contribution is 14.1. The van der Waals surface area contributed by atoms with Gasteiger partial charge in [-0.25, -0.2) is 0 Å². The third-order valence-corrected chi connectivity index (χ3v) is 2.32. The number of nitrogens with zero attached hydrogens (tertiary/aromatic N) is 1. The highest BCUT2D eigenvalue weighted by Gasteiger charge is 2.08. The van der Waals surface area contributed by atoms with E-state index in [1.54, 1.807) is 0 Å². The lowest BCUT2D eigenvalue weighted by atomic mass is 10.2. The van der Waals surface area contributed by atoms with Gasteiger partial charge in [-0.2, -0.15) is 0 Å². The fraction of sp³-hybridized carbons (Fsp3) is 0.182. The molecule has 1 heterocycles. The molecule has 0 aliphatic carbocycles. The fourth-order valence-corrected chi connectivity index (χ4v) is 1.42. The molecule has 1 aromatic heterocycles. The van der Waals surface area contributed by atoms with Gasteiger partial charge < -0.3 is 9.26 Å². The predicted octanol–water partition coefficient (Wildman–Crippen LogP) is 2.91. The first-order chi connectivity index (χ1) is 7.31. The van der Waals surface area contributed by atoms with Crippen LogP contribution in [0.15, 0.2) is 22.7 Å². The summed E-state index contributed by atoms with van der Waals surface area (Å²) in [6, 6.07) is 5.84. The molecule has 0 saturated carbocycles. The molecule has 0 N–H and O–H groups in total. The maximum Gasteiger partial charge on any atom is 0.263 e. The summed E-state index contributed by atoms with van der Waals surface area (Å²) in [6.45, 7) is 2.35. The van der Waals surface area contributed by atoms with Gasteiger partial charge in [0.25, 0.3) is 5.88 Å². The Kier molecular flexibility index (Phi) is 3.11. The first kappa shape index (κ1) is 10.3. The van der Waals surface area contributed by atoms with Gasteiger partial charge in [0.1, 0.15) is 0 Å². The lowest BCUT2D eigenvalue weighted by molar-refractivity contribution is 0.322. The summed E-state index contributed by atoms with van der Waals surface area (Å²) in [4.78, 5) is 0. The van der Waals surface area contributed by atoms with Crippen LogP contribution in [0.2, 0.25) is 0 Å². The Morgan fingerprint density at radius 3 is 3.20 bits per heavy atom. The molecule has 0 radical (unpaired) electrons. The van der Waals surface area contributed by atoms with E-state index in [9.17, 15) is 0 Å². The van der Waals surface area contributed by atoms with Crippen molar-refractivity contribution in [1.82, 2.24) is 5.16 Å². The van der Waals surface area contributed by atoms with E-state index in [0.29, 0.717) is 12.5 Å². The minimum Gasteiger partial charge on any atom is -0.462 e. The predicted molar refractivity (Wildman–Crippen MR) is 66.0 cm³/mol. The van der Waals surface area contributed by atoms with Crippen molar-refractivity contribution in [1.29, 1.82) is 0 Å². The summed E-state index contributed by atoms with van der Waals surface area (Å²) in [5.74, 6) is 3.31. The molecular weight excluding hydrogens is 305 g/mol. The summed E-state index contributed by atoms with van der Waals surface area (Å²) < 4.78 is 13.2. The van der Waals surface area contributed by atoms with Crippen LogP contribution in [-0.2, 0) is 0 Å². The van der Waals surface area contributed by atoms with E-state index < -0.39 is 0 Å². The number of rotatable bonds is 2. The summed E-state index contributed by atoms with van der Waals surface area (Å²) in [7, 11) is 0. The van der Waals surface area contributed by atoms with Crippen LogP contribution in [0.25, 0.3) is 11.0 Å². The number of benzene rings is 1. The van der Waals surface area contributed by atoms with Crippen LogP contribution in [0.4, 0.5) is 0 Å². The highest BCUT2D eigenvalue weighted by atomic mass is 127. The summed E-state index contributed by atoms with van der Waals surface area (Å²) in [6.07, 6.45) is 0. The van der Waals surface area contributed by atoms with E-state index in [1.807, 2.05) is 47.7 Å². The van der Waals surface area contributed by atoms with Gasteiger partial charge in [0.15, 0.2) is 12.2 Å². The molecule has 76 valence electrons. The lowest BCUT2D eigenvalue weighted by Gasteiger charge is -1.96. The van der Waals surface area contributed by atoms with E-state index in [4.69, 9.17) is 9.26 Å². The Hall–Kier alpha value is -1.22. The van der Waals surface area contributed by atoms with E-state index in [1.165, 1.54) is 0 Å². The van der Waals surface area contributed by atoms with Crippen LogP contribution < -0.4 is 4.74 Å². The smallest absolute Gasteiger partial charge is 0.263 e. The average Bonchev–Trinajstić information content (AvgIpc) is 2.62. The molecule has 2 aromatic rings. The summed E-state index contributed by atoms with van der Waals surface area (Å²) >= 11 is 1.97. The van der Waals surface area contributed by atoms with Crippen molar-refractivity contribution in [3.8, 4) is 15.7 Å². The number of fused-ring (bicyclic) bond motifs is 1. The van der Waals surface area contributed by atoms with Crippen LogP contribution in [0, 0.1) is 16.8 Å². The van der Waals surface area contributed by atoms with Gasteiger partial charge in [-0.3, -0.25) is 0 Å². The molecule has 2 rings (SSSR count). The van der Waals surface area contributed by atoms with Crippen LogP contribution in [0.5, 0.6) is 5.88 Å². The van der Waals surface area contributed by atoms with Crippen molar-refractivity contribution in [2.75, 3.05) is 6.61 Å². The van der Waals surface area contributed by atoms with E-state index in [2.05, 4.69) is 15.0 Å². The van der Waals surface area contributed by atoms with Crippen molar-refractivity contribution < 1.29 is 9.26 Å². The van der Waals surface area contributed by atoms with Crippen molar-refractivity contribution >= 4 is 33.6 Å². The molecular formula is C11H8INO2. The molecule has 0 unspecified atom stereocenters. The molecule has 0 spiro atoms. The topological polar surface area (TPSA) is 35.3 Å². The molecule has 4 heteroatoms. The van der Waals surface area contributed by atoms with Crippen molar-refractivity contribution in [2.45, 2.75) is 6.92 Å². The Bertz CT molecular complexity index is 536. The maximum absolute atomic E-state index is 5.37. The second-order valence-electron chi connectivity index (χ2n) is 3.05. The third-order valence-electron chi connectivity index (χ3n) is 1.94. The Balaban J connectivity index is 2.33. The standard InChI is InChI=1S/C11H8INO2/c1-8-3-4-10-9(7-8)11(13-15-10)14-6-2-5-12/h3-4,7H,6H2,1H3. The van der Waals surface area contributed by atoms with Crippen LogP contribution >= 0.6 is 22.6 Å². The first-order valence-corrected chi connectivity index (χ1v) is 5.46. The zero-order chi connectivity index (χ0) is 10.7. The summed E-state index contributed by atoms with van der Waals surface area (Å²) in [5.41, 5.74) is 1.88. The molecule has 1 aromatic carbocycles. The highest BCUT2D eigenvalue weighted by Crippen LogP contribution is 2.25. The molecule has 0 atom stereocenters. The number of hydrogen-bond acceptors (Lipinski definition) is 3. The van der Waals surface area contributed by atoms with Gasteiger partial charge in [0, 0.05) is 22.6 Å². The minimum absolute atomic E-state index is 0.332. The largest absolute Gasteiger partial charge is 0.462 e. The minimum atomic E-state index is 0.332. The number of ether oxygens (including phenoxy) is 1. The molecule has 0 saturated heterocycles. The van der Waals surface area contributed by atoms with Gasteiger partial charge >= 0.3 is 0 Å². The van der Waals surface area contributed by atoms with Crippen molar-refractivity contribution in [3.05, 3.63) is 23.8 Å². The summed E-state index contributed by atoms with van der Waals surface area (Å²) in [5, 5.41) is 4.73. The Morgan fingerprint density at radius 2 is 2.40 bits per heavy atom. The van der Waals surface area contributed by atoms with E-state index >= 15 is 0 Å². The Morgan fingerprint density at radius 1 is 1.53 bits per heavy atom. The van der Waals surface area contributed by atoms with Crippen molar-refractivity contribution in [3.63, 3.8) is 0 Å². The first-order valence-electron chi connectivity index (χ1n) is 4.38. The van der Waals surface area contributed by atoms with Crippen LogP contribution in [0.3, 0.4) is 0 Å². The number of hydrogen-bond donors (Lipinski definition) is 0. The van der Waals surface area contributed by atoms with E-state index in [0.717, 1.165) is 16.5 Å². The fourth-order valence-electron chi connectivity index (χ4n) is 1.27. The Labute approximate surface area is 101 Å². The van der Waals surface area contributed by atoms with Gasteiger partial charge in [0.2, 0.25) is 0 Å². The zero-order valence-electron chi connectivity index (χ0n) is 8.08. The van der Waals surface area contributed by atoms with Gasteiger partial charge in [-0.15, -0.1) is 0 Å². The van der Waals surface area contributed by atoms with Gasteiger partial charge in [0.05, 0.1) is 5.39 Å². The number of aromatic nitrogens is 1. The molecule has 0 aliphatic rings. The van der Waals surface area contributed by atoms with E-state index in [-0.39, 0.29) is 0 Å². The molecule has 15 heavy (non-hydrogen) atoms. The monoisotopic (exact) mass is 313 g/mol. The van der Waals surface area contributed by atoms with Gasteiger partial charge in [-0.05, 0) is 28.1 Å². The maximum atomic E-state index is 5.37. The average molecular weight is 313 g/mol. The third kappa shape index (κ3) is 2.23. The molecule has 0 amide bonds.